The van der Waals surface area contributed by atoms with Crippen molar-refractivity contribution in [1.82, 2.24) is 35.7 Å². The van der Waals surface area contributed by atoms with Crippen LogP contribution in [0.15, 0.2) is 59.3 Å². The van der Waals surface area contributed by atoms with Gasteiger partial charge in [-0.05, 0) is 38.0 Å². The van der Waals surface area contributed by atoms with Crippen molar-refractivity contribution in [2.45, 2.75) is 58.5 Å². The molecule has 1 aliphatic rings. The molecule has 3 amide bonds. The fourth-order valence-electron chi connectivity index (χ4n) is 5.56. The van der Waals surface area contributed by atoms with Crippen molar-refractivity contribution < 1.29 is 28.4 Å². The molecule has 2 aromatic carbocycles. The molecule has 4 aromatic rings. The molecule has 1 atom stereocenters. The number of methoxy groups -OCH3 is 1. The molecule has 2 aromatic heterocycles. The van der Waals surface area contributed by atoms with E-state index in [1.165, 1.54) is 7.11 Å². The van der Waals surface area contributed by atoms with Gasteiger partial charge in [0.2, 0.25) is 11.8 Å². The number of rotatable bonds is 6. The second-order valence-electron chi connectivity index (χ2n) is 11.5. The lowest BCUT2D eigenvalue weighted by Gasteiger charge is -2.24. The highest BCUT2D eigenvalue weighted by Gasteiger charge is 2.26. The van der Waals surface area contributed by atoms with Crippen LogP contribution in [0.3, 0.4) is 0 Å². The quantitative estimate of drug-likeness (QED) is 0.323. The lowest BCUT2D eigenvalue weighted by atomic mass is 10.0. The van der Waals surface area contributed by atoms with E-state index >= 15 is 0 Å². The number of aromatic nitrogens is 4. The topological polar surface area (TPSA) is 154 Å². The van der Waals surface area contributed by atoms with Crippen molar-refractivity contribution in [3.63, 3.8) is 0 Å². The normalized spacial score (nSPS) is 16.5. The molecule has 1 aliphatic heterocycles. The summed E-state index contributed by atoms with van der Waals surface area (Å²) in [5.41, 5.74) is 3.59. The van der Waals surface area contributed by atoms with Gasteiger partial charge >= 0.3 is 0 Å². The minimum absolute atomic E-state index is 0.0608. The number of hydrogen-bond donors (Lipinski definition) is 2. The van der Waals surface area contributed by atoms with E-state index in [-0.39, 0.29) is 49.9 Å². The fourth-order valence-corrected chi connectivity index (χ4v) is 5.56. The molecule has 248 valence electrons. The summed E-state index contributed by atoms with van der Waals surface area (Å²) in [4.78, 5) is 42.5. The van der Waals surface area contributed by atoms with Crippen molar-refractivity contribution in [2.24, 2.45) is 0 Å². The Balaban J connectivity index is 1.37. The Kier molecular flexibility index (Phi) is 11.2. The number of para-hydroxylation sites is 1. The average Bonchev–Trinajstić information content (AvgIpc) is 3.67. The zero-order chi connectivity index (χ0) is 33.2. The van der Waals surface area contributed by atoms with Crippen LogP contribution < -0.4 is 20.1 Å². The number of fused-ring (bicyclic) bond motifs is 3. The zero-order valence-corrected chi connectivity index (χ0v) is 27.0. The maximum Gasteiger partial charge on any atom is 0.255 e. The van der Waals surface area contributed by atoms with Gasteiger partial charge in [-0.15, -0.1) is 5.10 Å². The Morgan fingerprint density at radius 1 is 1.06 bits per heavy atom. The average molecular weight is 644 g/mol. The van der Waals surface area contributed by atoms with Crippen LogP contribution in [0.1, 0.15) is 51.5 Å². The predicted octanol–water partition coefficient (Wildman–Crippen LogP) is 2.84. The highest BCUT2D eigenvalue weighted by atomic mass is 16.5. The molecule has 13 nitrogen and oxygen atoms in total. The number of hydrogen-bond acceptors (Lipinski definition) is 9. The van der Waals surface area contributed by atoms with Gasteiger partial charge < -0.3 is 29.5 Å². The first-order valence-corrected chi connectivity index (χ1v) is 15.8. The first-order chi connectivity index (χ1) is 22.8. The first kappa shape index (κ1) is 33.2. The molecule has 47 heavy (non-hydrogen) atoms. The number of carbonyl (C=O) groups is 3. The van der Waals surface area contributed by atoms with Gasteiger partial charge in [0.1, 0.15) is 11.8 Å². The molecule has 2 bridgehead atoms. The van der Waals surface area contributed by atoms with Crippen LogP contribution in [0.25, 0.3) is 0 Å². The SMILES string of the molecule is COc1cccc2c1OCCCn1cc(nn1)CCN(C(=O)CCc1c(C)noc1C)CCNC(=O)[C@H](Cc1ccccc1)NC2=O. The Bertz CT molecular complexity index is 1650. The third-order valence-electron chi connectivity index (χ3n) is 8.15. The molecule has 0 fully saturated rings. The van der Waals surface area contributed by atoms with Gasteiger partial charge in [-0.1, -0.05) is 46.8 Å². The molecular formula is C34H41N7O6. The summed E-state index contributed by atoms with van der Waals surface area (Å²) < 4.78 is 18.6. The van der Waals surface area contributed by atoms with Crippen LogP contribution in [-0.2, 0) is 35.4 Å². The van der Waals surface area contributed by atoms with E-state index in [0.29, 0.717) is 49.6 Å². The summed E-state index contributed by atoms with van der Waals surface area (Å²) in [6, 6.07) is 13.7. The zero-order valence-electron chi connectivity index (χ0n) is 27.0. The van der Waals surface area contributed by atoms with E-state index in [1.807, 2.05) is 50.4 Å². The van der Waals surface area contributed by atoms with Crippen LogP contribution in [0, 0.1) is 13.8 Å². The number of carbonyl (C=O) groups excluding carboxylic acids is 3. The van der Waals surface area contributed by atoms with Crippen LogP contribution in [0.4, 0.5) is 0 Å². The van der Waals surface area contributed by atoms with Gasteiger partial charge in [0, 0.05) is 63.6 Å². The molecule has 5 rings (SSSR count). The summed E-state index contributed by atoms with van der Waals surface area (Å²) in [7, 11) is 1.51. The third-order valence-corrected chi connectivity index (χ3v) is 8.15. The van der Waals surface area contributed by atoms with Crippen molar-refractivity contribution in [2.75, 3.05) is 33.4 Å². The van der Waals surface area contributed by atoms with Crippen molar-refractivity contribution in [3.8, 4) is 11.5 Å². The Labute approximate surface area is 273 Å². The predicted molar refractivity (Wildman–Crippen MR) is 172 cm³/mol. The number of aryl methyl sites for hydroxylation is 3. The molecule has 13 heteroatoms. The molecule has 0 spiro atoms. The monoisotopic (exact) mass is 643 g/mol. The summed E-state index contributed by atoms with van der Waals surface area (Å²) in [6.07, 6.45) is 3.98. The Morgan fingerprint density at radius 2 is 1.89 bits per heavy atom. The largest absolute Gasteiger partial charge is 0.493 e. The van der Waals surface area contributed by atoms with E-state index in [1.54, 1.807) is 27.8 Å². The summed E-state index contributed by atoms with van der Waals surface area (Å²) >= 11 is 0. The van der Waals surface area contributed by atoms with Crippen LogP contribution in [-0.4, -0.2) is 82.2 Å². The van der Waals surface area contributed by atoms with Crippen LogP contribution in [0.5, 0.6) is 11.5 Å². The van der Waals surface area contributed by atoms with E-state index in [0.717, 1.165) is 22.5 Å². The van der Waals surface area contributed by atoms with E-state index in [9.17, 15) is 14.4 Å². The molecule has 0 radical (unpaired) electrons. The van der Waals surface area contributed by atoms with Crippen molar-refractivity contribution in [3.05, 3.63) is 88.6 Å². The number of nitrogens with zero attached hydrogens (tertiary/aromatic N) is 5. The van der Waals surface area contributed by atoms with Gasteiger partial charge in [-0.2, -0.15) is 0 Å². The van der Waals surface area contributed by atoms with E-state index in [4.69, 9.17) is 14.0 Å². The van der Waals surface area contributed by atoms with Gasteiger partial charge in [0.15, 0.2) is 11.5 Å². The standard InChI is InChI=1S/C34H41N7O6/c1-23-27(24(2)47-38-23)13-14-31(42)40-18-15-26-22-41(39-37-26)17-8-20-46-32-28(11-7-12-30(32)45-3)33(43)36-29(34(44)35-16-19-40)21-25-9-5-4-6-10-25/h4-7,9-12,22,29H,8,13-21H2,1-3H3,(H,35,44)(H,36,43)/t29-/m0/s1. The van der Waals surface area contributed by atoms with Crippen LogP contribution >= 0.6 is 0 Å². The highest BCUT2D eigenvalue weighted by molar-refractivity contribution is 6.00. The van der Waals surface area contributed by atoms with Gasteiger partial charge in [-0.3, -0.25) is 19.1 Å². The molecule has 3 heterocycles. The van der Waals surface area contributed by atoms with Crippen molar-refractivity contribution >= 4 is 17.7 Å². The minimum atomic E-state index is -0.885. The number of amides is 3. The molecule has 0 saturated heterocycles. The second-order valence-corrected chi connectivity index (χ2v) is 11.5. The smallest absolute Gasteiger partial charge is 0.255 e. The number of ether oxygens (including phenoxy) is 2. The van der Waals surface area contributed by atoms with Crippen LogP contribution in [0.2, 0.25) is 0 Å². The number of benzene rings is 2. The Hall–Kier alpha value is -5.20. The summed E-state index contributed by atoms with van der Waals surface area (Å²) in [5.74, 6) is 0.521. The van der Waals surface area contributed by atoms with E-state index < -0.39 is 11.9 Å². The summed E-state index contributed by atoms with van der Waals surface area (Å²) in [5, 5.41) is 18.4. The van der Waals surface area contributed by atoms with E-state index in [2.05, 4.69) is 26.1 Å². The molecule has 2 N–H and O–H groups in total. The fraction of sp³-hybridized carbons (Fsp3) is 0.412. The minimum Gasteiger partial charge on any atom is -0.493 e. The maximum absolute atomic E-state index is 13.7. The molecular weight excluding hydrogens is 602 g/mol. The lowest BCUT2D eigenvalue weighted by molar-refractivity contribution is -0.131. The van der Waals surface area contributed by atoms with Gasteiger partial charge in [-0.25, -0.2) is 0 Å². The van der Waals surface area contributed by atoms with Crippen molar-refractivity contribution in [1.29, 1.82) is 0 Å². The maximum atomic E-state index is 13.7. The van der Waals surface area contributed by atoms with Gasteiger partial charge in [0.25, 0.3) is 5.91 Å². The lowest BCUT2D eigenvalue weighted by Crippen LogP contribution is -2.50. The molecule has 0 aliphatic carbocycles. The third kappa shape index (κ3) is 8.75. The summed E-state index contributed by atoms with van der Waals surface area (Å²) in [6.45, 7) is 5.40. The number of nitrogens with one attached hydrogen (secondary N) is 2. The highest BCUT2D eigenvalue weighted by Crippen LogP contribution is 2.31. The molecule has 0 saturated carbocycles. The second kappa shape index (κ2) is 15.9. The van der Waals surface area contributed by atoms with Gasteiger partial charge in [0.05, 0.1) is 30.7 Å². The first-order valence-electron chi connectivity index (χ1n) is 15.8. The molecule has 0 unspecified atom stereocenters. The Morgan fingerprint density at radius 3 is 2.66 bits per heavy atom.